The van der Waals surface area contributed by atoms with Gasteiger partial charge in [-0.1, -0.05) is 25.6 Å². The molecule has 118 valence electrons. The maximum atomic E-state index is 11.8. The van der Waals surface area contributed by atoms with E-state index in [1.165, 1.54) is 0 Å². The molecule has 0 saturated heterocycles. The molecule has 1 amide bonds. The van der Waals surface area contributed by atoms with Gasteiger partial charge in [0.2, 0.25) is 16.2 Å². The van der Waals surface area contributed by atoms with E-state index in [1.807, 2.05) is 0 Å². The zero-order valence-corrected chi connectivity index (χ0v) is 14.0. The third kappa shape index (κ3) is 6.87. The van der Waals surface area contributed by atoms with Crippen molar-refractivity contribution >= 4 is 40.3 Å². The number of likely N-dealkylation sites (N-methyl/N-ethyl adjacent to an activating group) is 1. The van der Waals surface area contributed by atoms with Gasteiger partial charge in [0.25, 0.3) is 0 Å². The van der Waals surface area contributed by atoms with Crippen LogP contribution < -0.4 is 5.32 Å². The van der Waals surface area contributed by atoms with Gasteiger partial charge in [0.05, 0.1) is 12.5 Å². The number of aromatic nitrogens is 2. The Hall–Kier alpha value is -1.19. The zero-order valence-electron chi connectivity index (χ0n) is 12.3. The highest BCUT2D eigenvalue weighted by Crippen LogP contribution is 2.20. The van der Waals surface area contributed by atoms with Crippen LogP contribution in [0, 0.1) is 5.92 Å². The van der Waals surface area contributed by atoms with Crippen LogP contribution in [0.4, 0.5) is 5.13 Å². The number of hydrogen-bond acceptors (Lipinski definition) is 7. The molecule has 0 aliphatic rings. The average Bonchev–Trinajstić information content (AvgIpc) is 2.83. The Bertz CT molecular complexity index is 481. The Labute approximate surface area is 132 Å². The van der Waals surface area contributed by atoms with Gasteiger partial charge in [-0.25, -0.2) is 0 Å². The van der Waals surface area contributed by atoms with Gasteiger partial charge < -0.3 is 5.11 Å². The van der Waals surface area contributed by atoms with Gasteiger partial charge in [-0.2, -0.15) is 9.36 Å². The summed E-state index contributed by atoms with van der Waals surface area (Å²) in [7, 11) is 1.71. The minimum absolute atomic E-state index is 0.120. The van der Waals surface area contributed by atoms with E-state index in [0.717, 1.165) is 23.7 Å². The fourth-order valence-corrected chi connectivity index (χ4v) is 2.94. The summed E-state index contributed by atoms with van der Waals surface area (Å²) in [5, 5.41) is 12.6. The molecule has 0 aliphatic carbocycles. The number of nitrogens with one attached hydrogen (secondary N) is 1. The quantitative estimate of drug-likeness (QED) is 0.664. The van der Waals surface area contributed by atoms with Crippen molar-refractivity contribution in [3.8, 4) is 0 Å². The van der Waals surface area contributed by atoms with Crippen LogP contribution in [0.25, 0.3) is 0 Å². The lowest BCUT2D eigenvalue weighted by Crippen LogP contribution is -2.35. The molecule has 0 radical (unpaired) electrons. The first-order valence-electron chi connectivity index (χ1n) is 6.60. The van der Waals surface area contributed by atoms with E-state index in [2.05, 4.69) is 21.6 Å². The number of carboxylic acids is 1. The largest absolute Gasteiger partial charge is 0.481 e. The van der Waals surface area contributed by atoms with Gasteiger partial charge >= 0.3 is 5.97 Å². The van der Waals surface area contributed by atoms with Crippen molar-refractivity contribution in [1.29, 1.82) is 0 Å². The molecule has 1 unspecified atom stereocenters. The number of thioether (sulfide) groups is 1. The molecular weight excluding hydrogens is 312 g/mol. The van der Waals surface area contributed by atoms with Crippen LogP contribution in [0.15, 0.2) is 5.16 Å². The number of amides is 1. The number of rotatable bonds is 9. The highest BCUT2D eigenvalue weighted by molar-refractivity contribution is 7.99. The number of nitrogens with zero attached hydrogens (tertiary/aromatic N) is 3. The van der Waals surface area contributed by atoms with Gasteiger partial charge in [-0.05, 0) is 13.5 Å². The molecule has 2 N–H and O–H groups in total. The Kier molecular flexibility index (Phi) is 7.62. The van der Waals surface area contributed by atoms with Gasteiger partial charge in [0, 0.05) is 23.8 Å². The maximum Gasteiger partial charge on any atom is 0.307 e. The van der Waals surface area contributed by atoms with Crippen LogP contribution in [0.1, 0.15) is 20.3 Å². The van der Waals surface area contributed by atoms with Crippen LogP contribution in [0.3, 0.4) is 0 Å². The standard InChI is InChI=1S/C12H20N4O3S2/c1-4-5-20-12-14-11(21-15-12)13-9(17)7-16(3)6-8(2)10(18)19/h8H,4-7H2,1-3H3,(H,18,19)(H,13,14,15,17). The smallest absolute Gasteiger partial charge is 0.307 e. The van der Waals surface area contributed by atoms with Crippen LogP contribution in [-0.2, 0) is 9.59 Å². The topological polar surface area (TPSA) is 95.4 Å². The lowest BCUT2D eigenvalue weighted by Gasteiger charge is -2.17. The van der Waals surface area contributed by atoms with Crippen LogP contribution >= 0.6 is 23.3 Å². The molecule has 0 bridgehead atoms. The molecule has 1 heterocycles. The second kappa shape index (κ2) is 8.96. The summed E-state index contributed by atoms with van der Waals surface area (Å²) in [6, 6.07) is 0. The van der Waals surface area contributed by atoms with E-state index in [9.17, 15) is 9.59 Å². The Balaban J connectivity index is 2.39. The van der Waals surface area contributed by atoms with E-state index in [1.54, 1.807) is 30.6 Å². The molecule has 1 atom stereocenters. The van der Waals surface area contributed by atoms with Crippen LogP contribution in [-0.4, -0.2) is 57.1 Å². The number of hydrogen-bond donors (Lipinski definition) is 2. The first-order valence-corrected chi connectivity index (χ1v) is 8.36. The van der Waals surface area contributed by atoms with E-state index in [0.29, 0.717) is 16.8 Å². The van der Waals surface area contributed by atoms with Crippen LogP contribution in [0.5, 0.6) is 0 Å². The summed E-state index contributed by atoms with van der Waals surface area (Å²) >= 11 is 2.70. The summed E-state index contributed by atoms with van der Waals surface area (Å²) in [5.41, 5.74) is 0. The zero-order chi connectivity index (χ0) is 15.8. The number of carboxylic acid groups (broad SMARTS) is 1. The minimum Gasteiger partial charge on any atom is -0.481 e. The van der Waals surface area contributed by atoms with E-state index < -0.39 is 11.9 Å². The predicted molar refractivity (Wildman–Crippen MR) is 83.9 cm³/mol. The SMILES string of the molecule is CCCSc1nsc(NC(=O)CN(C)CC(C)C(=O)O)n1. The first-order chi connectivity index (χ1) is 9.92. The Morgan fingerprint density at radius 1 is 1.52 bits per heavy atom. The number of aliphatic carboxylic acids is 1. The third-order valence-corrected chi connectivity index (χ3v) is 4.31. The molecule has 9 heteroatoms. The van der Waals surface area contributed by atoms with Crippen molar-refractivity contribution in [3.63, 3.8) is 0 Å². The number of anilines is 1. The van der Waals surface area contributed by atoms with Crippen molar-refractivity contribution in [2.24, 2.45) is 5.92 Å². The summed E-state index contributed by atoms with van der Waals surface area (Å²) in [5.74, 6) is -0.663. The molecule has 0 fully saturated rings. The van der Waals surface area contributed by atoms with Gasteiger partial charge in [0.15, 0.2) is 0 Å². The average molecular weight is 332 g/mol. The molecular formula is C12H20N4O3S2. The summed E-state index contributed by atoms with van der Waals surface area (Å²) < 4.78 is 4.14. The Morgan fingerprint density at radius 2 is 2.24 bits per heavy atom. The Morgan fingerprint density at radius 3 is 2.86 bits per heavy atom. The third-order valence-electron chi connectivity index (χ3n) is 2.51. The first kappa shape index (κ1) is 17.9. The fraction of sp³-hybridized carbons (Fsp3) is 0.667. The normalized spacial score (nSPS) is 12.4. The van der Waals surface area contributed by atoms with Crippen molar-refractivity contribution in [3.05, 3.63) is 0 Å². The molecule has 21 heavy (non-hydrogen) atoms. The summed E-state index contributed by atoms with van der Waals surface area (Å²) in [6.07, 6.45) is 1.04. The highest BCUT2D eigenvalue weighted by Gasteiger charge is 2.16. The molecule has 1 aromatic rings. The van der Waals surface area contributed by atoms with E-state index in [4.69, 9.17) is 5.11 Å². The fourth-order valence-electron chi connectivity index (χ4n) is 1.53. The highest BCUT2D eigenvalue weighted by atomic mass is 32.2. The number of carbonyl (C=O) groups is 2. The van der Waals surface area contributed by atoms with Crippen LogP contribution in [0.2, 0.25) is 0 Å². The van der Waals surface area contributed by atoms with Crippen molar-refractivity contribution in [2.45, 2.75) is 25.4 Å². The lowest BCUT2D eigenvalue weighted by molar-refractivity contribution is -0.141. The maximum absolute atomic E-state index is 11.8. The van der Waals surface area contributed by atoms with Gasteiger partial charge in [-0.15, -0.1) is 0 Å². The van der Waals surface area contributed by atoms with E-state index >= 15 is 0 Å². The summed E-state index contributed by atoms with van der Waals surface area (Å²) in [6.45, 7) is 4.12. The molecule has 0 saturated carbocycles. The van der Waals surface area contributed by atoms with Crippen molar-refractivity contribution < 1.29 is 14.7 Å². The molecule has 0 aliphatic heterocycles. The molecule has 7 nitrogen and oxygen atoms in total. The number of carbonyl (C=O) groups excluding carboxylic acids is 1. The molecule has 0 aromatic carbocycles. The monoisotopic (exact) mass is 332 g/mol. The minimum atomic E-state index is -0.871. The van der Waals surface area contributed by atoms with Gasteiger partial charge in [-0.3, -0.25) is 19.8 Å². The molecule has 0 spiro atoms. The lowest BCUT2D eigenvalue weighted by atomic mass is 10.2. The van der Waals surface area contributed by atoms with E-state index in [-0.39, 0.29) is 12.5 Å². The molecule has 1 rings (SSSR count). The van der Waals surface area contributed by atoms with Gasteiger partial charge in [0.1, 0.15) is 0 Å². The second-order valence-corrected chi connectivity index (χ2v) is 6.53. The predicted octanol–water partition coefficient (Wildman–Crippen LogP) is 1.63. The summed E-state index contributed by atoms with van der Waals surface area (Å²) in [4.78, 5) is 28.5. The van der Waals surface area contributed by atoms with Crippen molar-refractivity contribution in [2.75, 3.05) is 31.2 Å². The molecule has 1 aromatic heterocycles. The van der Waals surface area contributed by atoms with Crippen molar-refractivity contribution in [1.82, 2.24) is 14.3 Å². The second-order valence-electron chi connectivity index (χ2n) is 4.71.